The summed E-state index contributed by atoms with van der Waals surface area (Å²) in [5.74, 6) is 0.828. The summed E-state index contributed by atoms with van der Waals surface area (Å²) in [7, 11) is 0. The van der Waals surface area contributed by atoms with Gasteiger partial charge in [0.05, 0.1) is 50.8 Å². The zero-order chi connectivity index (χ0) is 64.7. The average Bonchev–Trinajstić information content (AvgIpc) is 1.42. The van der Waals surface area contributed by atoms with Crippen LogP contribution in [0.4, 0.5) is 0 Å². The summed E-state index contributed by atoms with van der Waals surface area (Å²) in [6.45, 7) is 13.5. The fourth-order valence-electron chi connectivity index (χ4n) is 17.0. The number of allylic oxidation sites excluding steroid dienone is 1. The molecule has 3 saturated carbocycles. The minimum absolute atomic E-state index is 0.0854. The molecule has 8 fully saturated rings. The first-order valence-corrected chi connectivity index (χ1v) is 31.5. The second kappa shape index (κ2) is 27.4. The minimum Gasteiger partial charge on any atom is -0.394 e. The number of aliphatic hydroxyl groups excluding tert-OH is 17. The van der Waals surface area contributed by atoms with Gasteiger partial charge in [0.25, 0.3) is 0 Å². The van der Waals surface area contributed by atoms with E-state index >= 15 is 0 Å². The van der Waals surface area contributed by atoms with Crippen LogP contribution in [-0.2, 0) is 47.4 Å². The van der Waals surface area contributed by atoms with Crippen LogP contribution >= 0.6 is 0 Å². The summed E-state index contributed by atoms with van der Waals surface area (Å²) in [5.41, 5.74) is -1.21. The highest BCUT2D eigenvalue weighted by atomic mass is 16.8. The van der Waals surface area contributed by atoms with Crippen LogP contribution in [0, 0.1) is 45.3 Å². The van der Waals surface area contributed by atoms with Crippen LogP contribution in [0.25, 0.3) is 0 Å². The molecule has 0 aromatic carbocycles. The number of rotatable bonds is 20. The molecule has 34 atom stereocenters. The minimum atomic E-state index is -1.93. The van der Waals surface area contributed by atoms with Crippen LogP contribution in [-0.4, -0.2) is 296 Å². The van der Waals surface area contributed by atoms with E-state index in [1.54, 1.807) is 13.8 Å². The normalized spacial score (nSPS) is 51.4. The molecule has 28 nitrogen and oxygen atoms in total. The molecule has 9 aliphatic rings. The van der Waals surface area contributed by atoms with Gasteiger partial charge in [-0.25, -0.2) is 0 Å². The molecule has 28 heteroatoms. The molecule has 0 spiro atoms. The first-order chi connectivity index (χ1) is 41.2. The fraction of sp³-hybridized carbons (Fsp3) is 0.967. The Balaban J connectivity index is 0.871. The fourth-order valence-corrected chi connectivity index (χ4v) is 17.0. The van der Waals surface area contributed by atoms with Crippen LogP contribution < -0.4 is 0 Å². The van der Waals surface area contributed by atoms with Gasteiger partial charge >= 0.3 is 0 Å². The molecule has 5 heterocycles. The molecular formula is C60H102O28. The van der Waals surface area contributed by atoms with Crippen molar-refractivity contribution < 1.29 is 139 Å². The first kappa shape index (κ1) is 70.9. The van der Waals surface area contributed by atoms with Crippen molar-refractivity contribution in [1.82, 2.24) is 0 Å². The van der Waals surface area contributed by atoms with Crippen molar-refractivity contribution in [2.45, 2.75) is 285 Å². The molecule has 5 saturated heterocycles. The van der Waals surface area contributed by atoms with E-state index in [4.69, 9.17) is 47.4 Å². The molecule has 34 unspecified atom stereocenters. The number of hydrogen-bond donors (Lipinski definition) is 18. The highest BCUT2D eigenvalue weighted by molar-refractivity contribution is 5.30. The molecule has 0 bridgehead atoms. The molecule has 18 N–H and O–H groups in total. The van der Waals surface area contributed by atoms with Gasteiger partial charge in [-0.05, 0) is 112 Å². The highest BCUT2D eigenvalue weighted by Crippen LogP contribution is 2.75. The predicted molar refractivity (Wildman–Crippen MR) is 299 cm³/mol. The second-order valence-electron chi connectivity index (χ2n) is 28.6. The molecule has 510 valence electrons. The zero-order valence-corrected chi connectivity index (χ0v) is 51.5. The maximum atomic E-state index is 11.8. The number of ether oxygens (including phenoxy) is 10. The number of aliphatic hydroxyl groups is 18. The van der Waals surface area contributed by atoms with Crippen molar-refractivity contribution in [2.24, 2.45) is 45.3 Å². The molecule has 0 aromatic heterocycles. The predicted octanol–water partition coefficient (Wildman–Crippen LogP) is -4.38. The second-order valence-corrected chi connectivity index (χ2v) is 28.6. The largest absolute Gasteiger partial charge is 0.394 e. The topological polar surface area (TPSA) is 456 Å². The van der Waals surface area contributed by atoms with E-state index in [1.165, 1.54) is 5.57 Å². The lowest BCUT2D eigenvalue weighted by atomic mass is 9.39. The monoisotopic (exact) mass is 1270 g/mol. The maximum Gasteiger partial charge on any atom is 0.187 e. The van der Waals surface area contributed by atoms with Gasteiger partial charge < -0.3 is 139 Å². The molecule has 9 rings (SSSR count). The van der Waals surface area contributed by atoms with E-state index in [1.807, 2.05) is 0 Å². The Kier molecular flexibility index (Phi) is 22.1. The Morgan fingerprint density at radius 2 is 0.943 bits per heavy atom. The van der Waals surface area contributed by atoms with Crippen molar-refractivity contribution in [3.63, 3.8) is 0 Å². The third-order valence-corrected chi connectivity index (χ3v) is 22.8. The first-order valence-electron chi connectivity index (χ1n) is 31.5. The Morgan fingerprint density at radius 3 is 1.44 bits per heavy atom. The SMILES string of the molecule is CC(CCC(OC1OC(COC2OC(CO)C(O)C(O)C2O)C(O)C(O)C1OC1OC(CO)C(O)C(O)C1O)C(C)(C)O)C1CCC2(C)C3CC=C4C(CCC(OC5OC(COC6OC(CO)C(O)C(O)C6O)C(O)C(O)C5O)C4(C)C)C3(C)CCC12C. The Morgan fingerprint density at radius 1 is 0.500 bits per heavy atom. The molecular weight excluding hydrogens is 1170 g/mol. The Hall–Kier alpha value is -1.38. The quantitative estimate of drug-likeness (QED) is 0.0512. The summed E-state index contributed by atoms with van der Waals surface area (Å²) in [4.78, 5) is 0. The van der Waals surface area contributed by atoms with E-state index in [2.05, 4.69) is 47.6 Å². The van der Waals surface area contributed by atoms with Crippen LogP contribution in [0.5, 0.6) is 0 Å². The van der Waals surface area contributed by atoms with Crippen LogP contribution in [0.1, 0.15) is 113 Å². The van der Waals surface area contributed by atoms with Gasteiger partial charge in [0.15, 0.2) is 31.5 Å². The zero-order valence-electron chi connectivity index (χ0n) is 51.5. The van der Waals surface area contributed by atoms with Gasteiger partial charge in [-0.15, -0.1) is 0 Å². The molecule has 5 aliphatic heterocycles. The molecule has 0 radical (unpaired) electrons. The van der Waals surface area contributed by atoms with Gasteiger partial charge in [-0.1, -0.05) is 53.2 Å². The van der Waals surface area contributed by atoms with E-state index in [0.717, 1.165) is 38.5 Å². The Bertz CT molecular complexity index is 2310. The maximum absolute atomic E-state index is 11.8. The third kappa shape index (κ3) is 13.0. The van der Waals surface area contributed by atoms with Crippen LogP contribution in [0.2, 0.25) is 0 Å². The summed E-state index contributed by atoms with van der Waals surface area (Å²) in [6, 6.07) is 0. The summed E-state index contributed by atoms with van der Waals surface area (Å²) < 4.78 is 59.5. The molecule has 0 aromatic rings. The van der Waals surface area contributed by atoms with E-state index < -0.39 is 210 Å². The van der Waals surface area contributed by atoms with Crippen LogP contribution in [0.15, 0.2) is 11.6 Å². The standard InChI is InChI=1S/C60H102O28/c1-24(9-13-35(57(4,5)78)87-55-50(88-54-49(77)43(71)38(66)30(21-63)83-54)45(73)40(68)32(85-55)23-80-52-47(75)42(70)37(65)29(20-62)82-52)25-15-16-60(8)33-12-10-26-27(58(33,6)17-18-59(25,60)7)11-14-34(56(26,2)3)86-53-48(76)44(72)39(67)31(84-53)22-79-51-46(74)41(69)36(64)28(19-61)81-51/h10,24-25,27-55,61-78H,9,11-23H2,1-8H3. The number of hydrogen-bond acceptors (Lipinski definition) is 28. The van der Waals surface area contributed by atoms with Gasteiger partial charge in [0.1, 0.15) is 122 Å². The average molecular weight is 1270 g/mol. The third-order valence-electron chi connectivity index (χ3n) is 22.8. The van der Waals surface area contributed by atoms with Gasteiger partial charge in [0.2, 0.25) is 0 Å². The van der Waals surface area contributed by atoms with E-state index in [0.29, 0.717) is 18.8 Å². The van der Waals surface area contributed by atoms with Gasteiger partial charge in [0, 0.05) is 5.41 Å². The van der Waals surface area contributed by atoms with Crippen molar-refractivity contribution in [3.8, 4) is 0 Å². The van der Waals surface area contributed by atoms with Gasteiger partial charge in [-0.3, -0.25) is 0 Å². The lowest BCUT2D eigenvalue weighted by Gasteiger charge is -2.66. The summed E-state index contributed by atoms with van der Waals surface area (Å²) >= 11 is 0. The van der Waals surface area contributed by atoms with Gasteiger partial charge in [-0.2, -0.15) is 0 Å². The number of fused-ring (bicyclic) bond motifs is 5. The summed E-state index contributed by atoms with van der Waals surface area (Å²) in [6.07, 6.45) is -33.6. The van der Waals surface area contributed by atoms with E-state index in [9.17, 15) is 91.9 Å². The van der Waals surface area contributed by atoms with Crippen LogP contribution in [0.3, 0.4) is 0 Å². The van der Waals surface area contributed by atoms with Crippen molar-refractivity contribution in [2.75, 3.05) is 33.0 Å². The Labute approximate surface area is 512 Å². The smallest absolute Gasteiger partial charge is 0.187 e. The lowest BCUT2D eigenvalue weighted by Crippen LogP contribution is -2.65. The lowest BCUT2D eigenvalue weighted by molar-refractivity contribution is -0.380. The van der Waals surface area contributed by atoms with Crippen molar-refractivity contribution in [1.29, 1.82) is 0 Å². The van der Waals surface area contributed by atoms with Crippen molar-refractivity contribution >= 4 is 0 Å². The highest BCUT2D eigenvalue weighted by Gasteiger charge is 2.68. The molecule has 88 heavy (non-hydrogen) atoms. The molecule has 4 aliphatic carbocycles. The summed E-state index contributed by atoms with van der Waals surface area (Å²) in [5, 5.41) is 192. The molecule has 0 amide bonds. The van der Waals surface area contributed by atoms with E-state index in [-0.39, 0.29) is 40.4 Å². The van der Waals surface area contributed by atoms with Crippen molar-refractivity contribution in [3.05, 3.63) is 11.6 Å².